The Morgan fingerprint density at radius 2 is 1.88 bits per heavy atom. The molecule has 0 amide bonds. The van der Waals surface area contributed by atoms with Crippen LogP contribution in [0.5, 0.6) is 0 Å². The fraction of sp³-hybridized carbons (Fsp3) is 0.158. The Morgan fingerprint density at radius 1 is 1.04 bits per heavy atom. The number of hydrogen-bond acceptors (Lipinski definition) is 5. The van der Waals surface area contributed by atoms with Crippen molar-refractivity contribution >= 4 is 11.6 Å². The molecular formula is C19H18N6. The standard InChI is InChI=1S/C19H18N6/c1-14-11-17(24(2)13-15-7-4-3-5-8-15)25-19(21-14)22-18(23-25)16-9-6-10-20-12-16/h3-12H,13H2,1-2H3. The molecule has 0 N–H and O–H groups in total. The number of anilines is 1. The molecule has 3 heterocycles. The summed E-state index contributed by atoms with van der Waals surface area (Å²) in [6.45, 7) is 2.75. The van der Waals surface area contributed by atoms with E-state index in [1.807, 2.05) is 50.4 Å². The molecule has 0 saturated carbocycles. The van der Waals surface area contributed by atoms with Crippen LogP contribution in [0.25, 0.3) is 17.2 Å². The van der Waals surface area contributed by atoms with Crippen LogP contribution in [-0.4, -0.2) is 31.6 Å². The van der Waals surface area contributed by atoms with Crippen molar-refractivity contribution in [1.82, 2.24) is 24.6 Å². The van der Waals surface area contributed by atoms with Crippen LogP contribution in [0.2, 0.25) is 0 Å². The van der Waals surface area contributed by atoms with Gasteiger partial charge in [0.05, 0.1) is 0 Å². The second-order valence-electron chi connectivity index (χ2n) is 5.99. The van der Waals surface area contributed by atoms with Crippen molar-refractivity contribution in [1.29, 1.82) is 0 Å². The molecule has 0 fully saturated rings. The lowest BCUT2D eigenvalue weighted by molar-refractivity contribution is 0.829. The predicted molar refractivity (Wildman–Crippen MR) is 97.3 cm³/mol. The molecule has 0 spiro atoms. The summed E-state index contributed by atoms with van der Waals surface area (Å²) in [5, 5.41) is 4.65. The second-order valence-corrected chi connectivity index (χ2v) is 5.99. The predicted octanol–water partition coefficient (Wildman–Crippen LogP) is 3.13. The first-order chi connectivity index (χ1) is 12.2. The van der Waals surface area contributed by atoms with Crippen LogP contribution in [0.3, 0.4) is 0 Å². The summed E-state index contributed by atoms with van der Waals surface area (Å²) in [5.74, 6) is 2.17. The first-order valence-corrected chi connectivity index (χ1v) is 8.10. The topological polar surface area (TPSA) is 59.2 Å². The molecule has 0 aliphatic heterocycles. The van der Waals surface area contributed by atoms with E-state index in [0.717, 1.165) is 23.6 Å². The molecular weight excluding hydrogens is 312 g/mol. The average Bonchev–Trinajstić information content (AvgIpc) is 3.06. The molecule has 1 aromatic carbocycles. The fourth-order valence-electron chi connectivity index (χ4n) is 2.80. The van der Waals surface area contributed by atoms with Gasteiger partial charge < -0.3 is 4.90 Å². The molecule has 0 saturated heterocycles. The van der Waals surface area contributed by atoms with E-state index in [4.69, 9.17) is 0 Å². The normalized spacial score (nSPS) is 11.0. The lowest BCUT2D eigenvalue weighted by atomic mass is 10.2. The first-order valence-electron chi connectivity index (χ1n) is 8.10. The molecule has 4 rings (SSSR count). The van der Waals surface area contributed by atoms with E-state index in [-0.39, 0.29) is 0 Å². The zero-order valence-corrected chi connectivity index (χ0v) is 14.2. The number of pyridine rings is 1. The van der Waals surface area contributed by atoms with Gasteiger partial charge in [-0.15, -0.1) is 5.10 Å². The minimum atomic E-state index is 0.591. The van der Waals surface area contributed by atoms with Gasteiger partial charge in [0.25, 0.3) is 5.78 Å². The van der Waals surface area contributed by atoms with Crippen LogP contribution in [0, 0.1) is 6.92 Å². The highest BCUT2D eigenvalue weighted by Crippen LogP contribution is 2.21. The number of benzene rings is 1. The van der Waals surface area contributed by atoms with E-state index < -0.39 is 0 Å². The number of fused-ring (bicyclic) bond motifs is 1. The largest absolute Gasteiger partial charge is 0.355 e. The van der Waals surface area contributed by atoms with Gasteiger partial charge in [-0.05, 0) is 24.6 Å². The Balaban J connectivity index is 1.76. The Bertz CT molecular complexity index is 995. The maximum absolute atomic E-state index is 4.65. The quantitative estimate of drug-likeness (QED) is 0.575. The number of aromatic nitrogens is 5. The molecule has 6 heteroatoms. The van der Waals surface area contributed by atoms with Crippen molar-refractivity contribution in [2.45, 2.75) is 13.5 Å². The first kappa shape index (κ1) is 15.3. The monoisotopic (exact) mass is 330 g/mol. The Labute approximate surface area is 145 Å². The molecule has 4 aromatic rings. The Morgan fingerprint density at radius 3 is 2.64 bits per heavy atom. The van der Waals surface area contributed by atoms with E-state index in [2.05, 4.69) is 37.1 Å². The van der Waals surface area contributed by atoms with Gasteiger partial charge in [0, 0.05) is 43.3 Å². The summed E-state index contributed by atoms with van der Waals surface area (Å²) in [7, 11) is 2.05. The summed E-state index contributed by atoms with van der Waals surface area (Å²) in [6.07, 6.45) is 3.50. The highest BCUT2D eigenvalue weighted by atomic mass is 15.4. The van der Waals surface area contributed by atoms with Crippen molar-refractivity contribution in [2.24, 2.45) is 0 Å². The molecule has 6 nitrogen and oxygen atoms in total. The lowest BCUT2D eigenvalue weighted by Crippen LogP contribution is -2.20. The molecule has 0 unspecified atom stereocenters. The SMILES string of the molecule is Cc1cc(N(C)Cc2ccccc2)n2nc(-c3cccnc3)nc2n1. The summed E-state index contributed by atoms with van der Waals surface area (Å²) < 4.78 is 1.79. The van der Waals surface area contributed by atoms with Crippen LogP contribution >= 0.6 is 0 Å². The van der Waals surface area contributed by atoms with Gasteiger partial charge in [-0.1, -0.05) is 30.3 Å². The minimum absolute atomic E-state index is 0.591. The maximum atomic E-state index is 4.65. The third kappa shape index (κ3) is 3.06. The van der Waals surface area contributed by atoms with Crippen molar-refractivity contribution in [2.75, 3.05) is 11.9 Å². The van der Waals surface area contributed by atoms with Gasteiger partial charge >= 0.3 is 0 Å². The van der Waals surface area contributed by atoms with Crippen LogP contribution in [0.1, 0.15) is 11.3 Å². The fourth-order valence-corrected chi connectivity index (χ4v) is 2.80. The van der Waals surface area contributed by atoms with Gasteiger partial charge in [0.1, 0.15) is 5.82 Å². The molecule has 124 valence electrons. The molecule has 25 heavy (non-hydrogen) atoms. The van der Waals surface area contributed by atoms with Crippen molar-refractivity contribution in [3.63, 3.8) is 0 Å². The van der Waals surface area contributed by atoms with Crippen LogP contribution in [-0.2, 0) is 6.54 Å². The summed E-state index contributed by atoms with van der Waals surface area (Å²) in [6, 6.07) is 16.2. The highest BCUT2D eigenvalue weighted by molar-refractivity contribution is 5.57. The van der Waals surface area contributed by atoms with Crippen LogP contribution in [0.4, 0.5) is 5.82 Å². The van der Waals surface area contributed by atoms with Gasteiger partial charge in [0.2, 0.25) is 0 Å². The van der Waals surface area contributed by atoms with Crippen LogP contribution < -0.4 is 4.90 Å². The molecule has 0 aliphatic carbocycles. The molecule has 0 atom stereocenters. The lowest BCUT2D eigenvalue weighted by Gasteiger charge is -2.20. The smallest absolute Gasteiger partial charge is 0.254 e. The van der Waals surface area contributed by atoms with E-state index in [1.165, 1.54) is 5.56 Å². The van der Waals surface area contributed by atoms with Crippen molar-refractivity contribution in [3.05, 3.63) is 72.2 Å². The van der Waals surface area contributed by atoms with Crippen molar-refractivity contribution in [3.8, 4) is 11.4 Å². The van der Waals surface area contributed by atoms with Gasteiger partial charge in [-0.2, -0.15) is 9.50 Å². The number of aryl methyl sites for hydroxylation is 1. The summed E-state index contributed by atoms with van der Waals surface area (Å²) in [5.41, 5.74) is 3.02. The third-order valence-electron chi connectivity index (χ3n) is 3.99. The zero-order chi connectivity index (χ0) is 17.2. The number of hydrogen-bond donors (Lipinski definition) is 0. The van der Waals surface area contributed by atoms with Gasteiger partial charge in [0.15, 0.2) is 5.82 Å². The van der Waals surface area contributed by atoms with E-state index in [1.54, 1.807) is 16.9 Å². The highest BCUT2D eigenvalue weighted by Gasteiger charge is 2.14. The van der Waals surface area contributed by atoms with Gasteiger partial charge in [-0.3, -0.25) is 4.98 Å². The molecule has 0 radical (unpaired) electrons. The Hall–Kier alpha value is -3.28. The van der Waals surface area contributed by atoms with Crippen molar-refractivity contribution < 1.29 is 0 Å². The third-order valence-corrected chi connectivity index (χ3v) is 3.99. The van der Waals surface area contributed by atoms with E-state index >= 15 is 0 Å². The zero-order valence-electron chi connectivity index (χ0n) is 14.2. The summed E-state index contributed by atoms with van der Waals surface area (Å²) in [4.78, 5) is 15.4. The van der Waals surface area contributed by atoms with E-state index in [9.17, 15) is 0 Å². The molecule has 3 aromatic heterocycles. The summed E-state index contributed by atoms with van der Waals surface area (Å²) >= 11 is 0. The Kier molecular flexibility index (Phi) is 3.85. The second kappa shape index (κ2) is 6.32. The maximum Gasteiger partial charge on any atom is 0.254 e. The average molecular weight is 330 g/mol. The number of nitrogens with zero attached hydrogens (tertiary/aromatic N) is 6. The van der Waals surface area contributed by atoms with Gasteiger partial charge in [-0.25, -0.2) is 4.98 Å². The van der Waals surface area contributed by atoms with Crippen LogP contribution in [0.15, 0.2) is 60.9 Å². The number of rotatable bonds is 4. The molecule has 0 bridgehead atoms. The minimum Gasteiger partial charge on any atom is -0.355 e. The van der Waals surface area contributed by atoms with E-state index in [0.29, 0.717) is 11.6 Å². The molecule has 0 aliphatic rings.